The summed E-state index contributed by atoms with van der Waals surface area (Å²) in [5.41, 5.74) is -0.910. The molecule has 0 atom stereocenters. The van der Waals surface area contributed by atoms with Crippen molar-refractivity contribution in [3.05, 3.63) is 67.8 Å². The second kappa shape index (κ2) is 7.39. The zero-order valence-electron chi connectivity index (χ0n) is 13.5. The number of hydrogen-bond acceptors (Lipinski definition) is 6. The Morgan fingerprint density at radius 2 is 1.68 bits per heavy atom. The van der Waals surface area contributed by atoms with E-state index in [1.165, 1.54) is 6.92 Å². The highest BCUT2D eigenvalue weighted by atomic mass is 16.6. The first-order valence-electron chi connectivity index (χ1n) is 7.31. The average molecular weight is 345 g/mol. The molecule has 2 aromatic rings. The number of benzene rings is 2. The third-order valence-electron chi connectivity index (χ3n) is 3.44. The Hall–Kier alpha value is -3.49. The van der Waals surface area contributed by atoms with Crippen molar-refractivity contribution in [2.75, 3.05) is 11.9 Å². The summed E-state index contributed by atoms with van der Waals surface area (Å²) in [5.74, 6) is -0.284. The highest BCUT2D eigenvalue weighted by molar-refractivity contribution is 6.06. The van der Waals surface area contributed by atoms with E-state index in [1.807, 2.05) is 0 Å². The number of para-hydroxylation sites is 2. The average Bonchev–Trinajstić information content (AvgIpc) is 2.56. The van der Waals surface area contributed by atoms with Crippen LogP contribution in [0.4, 0.5) is 17.1 Å². The first-order valence-corrected chi connectivity index (χ1v) is 7.31. The zero-order valence-corrected chi connectivity index (χ0v) is 13.5. The van der Waals surface area contributed by atoms with Crippen LogP contribution in [0.5, 0.6) is 5.75 Å². The zero-order chi connectivity index (χ0) is 18.6. The molecule has 0 heterocycles. The quantitative estimate of drug-likeness (QED) is 0.631. The van der Waals surface area contributed by atoms with Gasteiger partial charge >= 0.3 is 0 Å². The predicted octanol–water partition coefficient (Wildman–Crippen LogP) is 3.46. The van der Waals surface area contributed by atoms with Crippen molar-refractivity contribution in [1.82, 2.24) is 0 Å². The summed E-state index contributed by atoms with van der Waals surface area (Å²) in [7, 11) is 0. The molecule has 0 bridgehead atoms. The van der Waals surface area contributed by atoms with E-state index in [2.05, 4.69) is 5.32 Å². The van der Waals surface area contributed by atoms with Crippen LogP contribution in [0.2, 0.25) is 0 Å². The SMILES string of the molecule is CCOc1ccccc1NC(=O)c1cc([N+](=O)[O-])c(C)c([N+](=O)[O-])c1. The van der Waals surface area contributed by atoms with E-state index in [9.17, 15) is 25.0 Å². The number of rotatable bonds is 6. The summed E-state index contributed by atoms with van der Waals surface area (Å²) < 4.78 is 5.39. The van der Waals surface area contributed by atoms with Crippen LogP contribution in [-0.4, -0.2) is 22.4 Å². The smallest absolute Gasteiger partial charge is 0.279 e. The Labute approximate surface area is 142 Å². The van der Waals surface area contributed by atoms with Crippen molar-refractivity contribution in [2.24, 2.45) is 0 Å². The van der Waals surface area contributed by atoms with Crippen LogP contribution < -0.4 is 10.1 Å². The third kappa shape index (κ3) is 3.89. The molecule has 2 rings (SSSR count). The number of carbonyl (C=O) groups excluding carboxylic acids is 1. The number of nitro groups is 2. The molecule has 9 heteroatoms. The van der Waals surface area contributed by atoms with Gasteiger partial charge in [0.05, 0.1) is 27.7 Å². The minimum absolute atomic E-state index is 0.110. The van der Waals surface area contributed by atoms with E-state index in [1.54, 1.807) is 31.2 Å². The number of hydrogen-bond donors (Lipinski definition) is 1. The molecule has 0 aliphatic carbocycles. The maximum Gasteiger partial charge on any atom is 0.279 e. The van der Waals surface area contributed by atoms with Crippen LogP contribution in [0.1, 0.15) is 22.8 Å². The molecule has 25 heavy (non-hydrogen) atoms. The van der Waals surface area contributed by atoms with Gasteiger partial charge in [-0.2, -0.15) is 0 Å². The van der Waals surface area contributed by atoms with E-state index in [4.69, 9.17) is 4.74 Å². The van der Waals surface area contributed by atoms with E-state index in [-0.39, 0.29) is 11.1 Å². The highest BCUT2D eigenvalue weighted by Crippen LogP contribution is 2.30. The number of nitrogens with zero attached hydrogens (tertiary/aromatic N) is 2. The second-order valence-corrected chi connectivity index (χ2v) is 5.04. The number of amides is 1. The van der Waals surface area contributed by atoms with Crippen LogP contribution in [0.3, 0.4) is 0 Å². The fourth-order valence-electron chi connectivity index (χ4n) is 2.24. The molecule has 0 aliphatic heterocycles. The van der Waals surface area contributed by atoms with Gasteiger partial charge in [-0.15, -0.1) is 0 Å². The van der Waals surface area contributed by atoms with Gasteiger partial charge in [0.2, 0.25) is 0 Å². The molecule has 0 spiro atoms. The molecule has 1 amide bonds. The van der Waals surface area contributed by atoms with Crippen molar-refractivity contribution in [3.63, 3.8) is 0 Å². The summed E-state index contributed by atoms with van der Waals surface area (Å²) in [4.78, 5) is 33.1. The lowest BCUT2D eigenvalue weighted by Gasteiger charge is -2.11. The Bertz CT molecular complexity index is 815. The summed E-state index contributed by atoms with van der Waals surface area (Å²) in [6.45, 7) is 3.43. The summed E-state index contributed by atoms with van der Waals surface area (Å²) in [5, 5.41) is 24.8. The van der Waals surface area contributed by atoms with Crippen LogP contribution >= 0.6 is 0 Å². The first-order chi connectivity index (χ1) is 11.8. The maximum absolute atomic E-state index is 12.4. The minimum Gasteiger partial charge on any atom is -0.492 e. The van der Waals surface area contributed by atoms with E-state index >= 15 is 0 Å². The van der Waals surface area contributed by atoms with Gasteiger partial charge < -0.3 is 10.1 Å². The first kappa shape index (κ1) is 17.9. The fraction of sp³-hybridized carbons (Fsp3) is 0.188. The molecule has 0 radical (unpaired) electrons. The molecule has 0 saturated heterocycles. The molecule has 0 fully saturated rings. The third-order valence-corrected chi connectivity index (χ3v) is 3.44. The van der Waals surface area contributed by atoms with Crippen molar-refractivity contribution >= 4 is 23.0 Å². The van der Waals surface area contributed by atoms with Gasteiger partial charge in [-0.05, 0) is 26.0 Å². The Balaban J connectivity index is 2.43. The van der Waals surface area contributed by atoms with Gasteiger partial charge in [0.25, 0.3) is 17.3 Å². The topological polar surface area (TPSA) is 125 Å². The molecular formula is C16H15N3O6. The van der Waals surface area contributed by atoms with Crippen LogP contribution in [-0.2, 0) is 0 Å². The maximum atomic E-state index is 12.4. The van der Waals surface area contributed by atoms with E-state index in [0.29, 0.717) is 18.0 Å². The summed E-state index contributed by atoms with van der Waals surface area (Å²) in [6, 6.07) is 8.68. The molecular weight excluding hydrogens is 330 g/mol. The van der Waals surface area contributed by atoms with Crippen molar-refractivity contribution in [2.45, 2.75) is 13.8 Å². The second-order valence-electron chi connectivity index (χ2n) is 5.04. The van der Waals surface area contributed by atoms with Gasteiger partial charge in [-0.1, -0.05) is 12.1 Å². The minimum atomic E-state index is -0.757. The Morgan fingerprint density at radius 3 is 2.20 bits per heavy atom. The molecule has 0 unspecified atom stereocenters. The molecule has 2 aromatic carbocycles. The molecule has 0 saturated carbocycles. The normalized spacial score (nSPS) is 10.2. The number of carbonyl (C=O) groups is 1. The lowest BCUT2D eigenvalue weighted by molar-refractivity contribution is -0.395. The standard InChI is InChI=1S/C16H15N3O6/c1-3-25-15-7-5-4-6-12(15)17-16(20)11-8-13(18(21)22)10(2)14(9-11)19(23)24/h4-9H,3H2,1-2H3,(H,17,20). The van der Waals surface area contributed by atoms with Crippen LogP contribution in [0.15, 0.2) is 36.4 Å². The van der Waals surface area contributed by atoms with Gasteiger partial charge in [0.1, 0.15) is 11.3 Å². The van der Waals surface area contributed by atoms with E-state index in [0.717, 1.165) is 12.1 Å². The van der Waals surface area contributed by atoms with E-state index < -0.39 is 27.1 Å². The van der Waals surface area contributed by atoms with Gasteiger partial charge in [-0.25, -0.2) is 0 Å². The number of nitro benzene ring substituents is 2. The fourth-order valence-corrected chi connectivity index (χ4v) is 2.24. The number of nitrogens with one attached hydrogen (secondary N) is 1. The molecule has 130 valence electrons. The largest absolute Gasteiger partial charge is 0.492 e. The molecule has 0 aromatic heterocycles. The summed E-state index contributed by atoms with van der Waals surface area (Å²) in [6.07, 6.45) is 0. The molecule has 9 nitrogen and oxygen atoms in total. The predicted molar refractivity (Wildman–Crippen MR) is 90.1 cm³/mol. The lowest BCUT2D eigenvalue weighted by Crippen LogP contribution is -2.14. The van der Waals surface area contributed by atoms with Crippen LogP contribution in [0, 0.1) is 27.2 Å². The summed E-state index contributed by atoms with van der Waals surface area (Å²) >= 11 is 0. The Morgan fingerprint density at radius 1 is 1.12 bits per heavy atom. The van der Waals surface area contributed by atoms with Crippen LogP contribution in [0.25, 0.3) is 0 Å². The van der Waals surface area contributed by atoms with Gasteiger partial charge in [-0.3, -0.25) is 25.0 Å². The Kier molecular flexibility index (Phi) is 5.28. The highest BCUT2D eigenvalue weighted by Gasteiger charge is 2.25. The van der Waals surface area contributed by atoms with Gasteiger partial charge in [0, 0.05) is 12.1 Å². The van der Waals surface area contributed by atoms with Crippen molar-refractivity contribution in [1.29, 1.82) is 0 Å². The van der Waals surface area contributed by atoms with Crippen molar-refractivity contribution < 1.29 is 19.4 Å². The van der Waals surface area contributed by atoms with Crippen molar-refractivity contribution in [3.8, 4) is 5.75 Å². The molecule has 1 N–H and O–H groups in total. The lowest BCUT2D eigenvalue weighted by atomic mass is 10.1. The number of ether oxygens (including phenoxy) is 1. The number of anilines is 1. The monoisotopic (exact) mass is 345 g/mol. The molecule has 0 aliphatic rings. The van der Waals surface area contributed by atoms with Gasteiger partial charge in [0.15, 0.2) is 0 Å².